The second-order valence-electron chi connectivity index (χ2n) is 6.72. The van der Waals surface area contributed by atoms with Crippen molar-refractivity contribution in [1.82, 2.24) is 19.6 Å². The van der Waals surface area contributed by atoms with E-state index in [0.29, 0.717) is 12.0 Å². The Morgan fingerprint density at radius 1 is 1.40 bits per heavy atom. The minimum Gasteiger partial charge on any atom is -0.381 e. The number of ether oxygens (including phenoxy) is 1. The molecule has 2 aromatic rings. The molecule has 0 amide bonds. The molecule has 0 aliphatic carbocycles. The summed E-state index contributed by atoms with van der Waals surface area (Å²) < 4.78 is 8.69. The van der Waals surface area contributed by atoms with Gasteiger partial charge in [-0.3, -0.25) is 4.99 Å². The molecule has 2 fully saturated rings. The summed E-state index contributed by atoms with van der Waals surface area (Å²) in [6, 6.07) is 4.01. The minimum absolute atomic E-state index is 0. The Kier molecular flexibility index (Phi) is 5.89. The van der Waals surface area contributed by atoms with E-state index in [-0.39, 0.29) is 24.0 Å². The maximum absolute atomic E-state index is 5.61. The fraction of sp³-hybridized carbons (Fsp3) is 0.529. The minimum atomic E-state index is 0. The normalized spacial score (nSPS) is 23.4. The maximum Gasteiger partial charge on any atom is 0.193 e. The van der Waals surface area contributed by atoms with Gasteiger partial charge in [-0.25, -0.2) is 4.98 Å². The van der Waals surface area contributed by atoms with Gasteiger partial charge in [0.25, 0.3) is 0 Å². The molecule has 136 valence electrons. The molecule has 1 N–H and O–H groups in total. The van der Waals surface area contributed by atoms with Gasteiger partial charge < -0.3 is 19.4 Å². The van der Waals surface area contributed by atoms with Crippen molar-refractivity contribution in [1.29, 1.82) is 0 Å². The number of halogens is 2. The Morgan fingerprint density at radius 3 is 3.04 bits per heavy atom. The monoisotopic (exact) mass is 519 g/mol. The lowest BCUT2D eigenvalue weighted by Gasteiger charge is -2.24. The number of nitrogens with zero attached hydrogens (tertiary/aromatic N) is 4. The van der Waals surface area contributed by atoms with Crippen molar-refractivity contribution in [2.45, 2.75) is 19.4 Å². The molecule has 0 saturated carbocycles. The first kappa shape index (κ1) is 18.9. The zero-order chi connectivity index (χ0) is 16.6. The van der Waals surface area contributed by atoms with Crippen LogP contribution in [0.5, 0.6) is 0 Å². The van der Waals surface area contributed by atoms with E-state index in [1.807, 2.05) is 29.8 Å². The van der Waals surface area contributed by atoms with Crippen LogP contribution in [0.1, 0.15) is 18.5 Å². The van der Waals surface area contributed by atoms with Crippen molar-refractivity contribution in [3.63, 3.8) is 0 Å². The van der Waals surface area contributed by atoms with Crippen LogP contribution in [0, 0.1) is 5.41 Å². The molecule has 1 spiro atoms. The lowest BCUT2D eigenvalue weighted by Crippen LogP contribution is -2.41. The number of pyridine rings is 1. The predicted octanol–water partition coefficient (Wildman–Crippen LogP) is 2.90. The highest BCUT2D eigenvalue weighted by Crippen LogP contribution is 2.38. The number of hydrogen-bond acceptors (Lipinski definition) is 3. The van der Waals surface area contributed by atoms with Crippen LogP contribution in [-0.2, 0) is 11.3 Å². The van der Waals surface area contributed by atoms with E-state index in [9.17, 15) is 0 Å². The summed E-state index contributed by atoms with van der Waals surface area (Å²) in [6.45, 7) is 4.54. The number of nitrogens with one attached hydrogen (secondary N) is 1. The van der Waals surface area contributed by atoms with E-state index >= 15 is 0 Å². The van der Waals surface area contributed by atoms with Crippen LogP contribution in [0.3, 0.4) is 0 Å². The lowest BCUT2D eigenvalue weighted by atomic mass is 9.87. The summed E-state index contributed by atoms with van der Waals surface area (Å²) in [5.74, 6) is 0.956. The Hall–Kier alpha value is -0.870. The predicted molar refractivity (Wildman–Crippen MR) is 113 cm³/mol. The summed E-state index contributed by atoms with van der Waals surface area (Å²) in [4.78, 5) is 11.4. The molecule has 8 heteroatoms. The fourth-order valence-electron chi connectivity index (χ4n) is 3.69. The van der Waals surface area contributed by atoms with Crippen molar-refractivity contribution in [3.05, 3.63) is 34.7 Å². The molecule has 2 aromatic heterocycles. The maximum atomic E-state index is 5.61. The first-order valence-corrected chi connectivity index (χ1v) is 9.13. The van der Waals surface area contributed by atoms with E-state index in [1.165, 1.54) is 12.8 Å². The van der Waals surface area contributed by atoms with Crippen molar-refractivity contribution >= 4 is 51.5 Å². The molecule has 0 aromatic carbocycles. The SMILES string of the molecule is CN=C(NCc1cn2cc(Br)ccc2n1)N1CCC2(CCOC2)C1.I. The number of hydrogen-bond donors (Lipinski definition) is 1. The molecule has 2 saturated heterocycles. The van der Waals surface area contributed by atoms with Crippen LogP contribution >= 0.6 is 39.9 Å². The molecule has 4 rings (SSSR count). The second-order valence-corrected chi connectivity index (χ2v) is 7.64. The molecule has 6 nitrogen and oxygen atoms in total. The van der Waals surface area contributed by atoms with Gasteiger partial charge in [0.05, 0.1) is 18.8 Å². The lowest BCUT2D eigenvalue weighted by molar-refractivity contribution is 0.156. The third kappa shape index (κ3) is 3.95. The van der Waals surface area contributed by atoms with Crippen LogP contribution in [0.2, 0.25) is 0 Å². The summed E-state index contributed by atoms with van der Waals surface area (Å²) in [7, 11) is 1.85. The average Bonchev–Trinajstić information content (AvgIpc) is 3.29. The molecular formula is C17H23BrIN5O. The first-order chi connectivity index (χ1) is 11.7. The summed E-state index contributed by atoms with van der Waals surface area (Å²) in [6.07, 6.45) is 6.43. The van der Waals surface area contributed by atoms with Crippen LogP contribution < -0.4 is 5.32 Å². The van der Waals surface area contributed by atoms with Gasteiger partial charge in [-0.15, -0.1) is 24.0 Å². The van der Waals surface area contributed by atoms with Gasteiger partial charge in [0.15, 0.2) is 5.96 Å². The highest BCUT2D eigenvalue weighted by Gasteiger charge is 2.42. The molecule has 2 aliphatic rings. The molecule has 25 heavy (non-hydrogen) atoms. The molecular weight excluding hydrogens is 497 g/mol. The summed E-state index contributed by atoms with van der Waals surface area (Å²) >= 11 is 3.49. The highest BCUT2D eigenvalue weighted by molar-refractivity contribution is 14.0. The van der Waals surface area contributed by atoms with E-state index < -0.39 is 0 Å². The smallest absolute Gasteiger partial charge is 0.193 e. The Bertz CT molecular complexity index is 771. The number of guanidine groups is 1. The quantitative estimate of drug-likeness (QED) is 0.376. The number of aromatic nitrogens is 2. The van der Waals surface area contributed by atoms with Crippen molar-refractivity contribution in [3.8, 4) is 0 Å². The fourth-order valence-corrected chi connectivity index (χ4v) is 4.04. The van der Waals surface area contributed by atoms with E-state index in [0.717, 1.165) is 48.1 Å². The topological polar surface area (TPSA) is 54.2 Å². The Labute approximate surface area is 173 Å². The number of aliphatic imine (C=N–C) groups is 1. The van der Waals surface area contributed by atoms with Crippen LogP contribution in [0.25, 0.3) is 5.65 Å². The third-order valence-corrected chi connectivity index (χ3v) is 5.50. The summed E-state index contributed by atoms with van der Waals surface area (Å²) in [5, 5.41) is 3.46. The third-order valence-electron chi connectivity index (χ3n) is 5.03. The van der Waals surface area contributed by atoms with Crippen LogP contribution in [0.15, 0.2) is 34.0 Å². The first-order valence-electron chi connectivity index (χ1n) is 8.34. The molecule has 1 unspecified atom stereocenters. The molecule has 0 radical (unpaired) electrons. The molecule has 0 bridgehead atoms. The standard InChI is InChI=1S/C17H22BrN5O.HI/c1-19-16(22-6-4-17(11-22)5-7-24-12-17)20-8-14-10-23-9-13(18)2-3-15(23)21-14;/h2-3,9-10H,4-8,11-12H2,1H3,(H,19,20);1H. The van der Waals surface area contributed by atoms with E-state index in [2.05, 4.69) is 42.3 Å². The second kappa shape index (κ2) is 7.79. The largest absolute Gasteiger partial charge is 0.381 e. The van der Waals surface area contributed by atoms with Gasteiger partial charge in [-0.2, -0.15) is 0 Å². The van der Waals surface area contributed by atoms with Crippen molar-refractivity contribution in [2.75, 3.05) is 33.4 Å². The summed E-state index contributed by atoms with van der Waals surface area (Å²) in [5.41, 5.74) is 2.30. The van der Waals surface area contributed by atoms with Crippen molar-refractivity contribution in [2.24, 2.45) is 10.4 Å². The molecule has 2 aliphatic heterocycles. The number of fused-ring (bicyclic) bond motifs is 1. The number of imidazole rings is 1. The number of likely N-dealkylation sites (tertiary alicyclic amines) is 1. The van der Waals surface area contributed by atoms with Gasteiger partial charge in [0.1, 0.15) is 5.65 Å². The zero-order valence-electron chi connectivity index (χ0n) is 14.2. The van der Waals surface area contributed by atoms with E-state index in [1.54, 1.807) is 0 Å². The van der Waals surface area contributed by atoms with Gasteiger partial charge in [0.2, 0.25) is 0 Å². The number of rotatable bonds is 2. The van der Waals surface area contributed by atoms with Crippen LogP contribution in [0.4, 0.5) is 0 Å². The van der Waals surface area contributed by atoms with Gasteiger partial charge >= 0.3 is 0 Å². The molecule has 4 heterocycles. The van der Waals surface area contributed by atoms with E-state index in [4.69, 9.17) is 4.74 Å². The average molecular weight is 520 g/mol. The molecule has 1 atom stereocenters. The van der Waals surface area contributed by atoms with Crippen molar-refractivity contribution < 1.29 is 4.74 Å². The van der Waals surface area contributed by atoms with Gasteiger partial charge in [-0.05, 0) is 40.9 Å². The Balaban J connectivity index is 0.00000182. The van der Waals surface area contributed by atoms with Crippen LogP contribution in [-0.4, -0.2) is 53.6 Å². The zero-order valence-corrected chi connectivity index (χ0v) is 18.2. The Morgan fingerprint density at radius 2 is 2.28 bits per heavy atom. The highest BCUT2D eigenvalue weighted by atomic mass is 127. The van der Waals surface area contributed by atoms with Gasteiger partial charge in [-0.1, -0.05) is 0 Å². The van der Waals surface area contributed by atoms with Gasteiger partial charge in [0, 0.05) is 49.0 Å².